The molecule has 0 aromatic heterocycles. The van der Waals surface area contributed by atoms with Crippen molar-refractivity contribution in [1.82, 2.24) is 9.80 Å². The zero-order valence-electron chi connectivity index (χ0n) is 15.2. The van der Waals surface area contributed by atoms with Crippen LogP contribution in [0.4, 0.5) is 0 Å². The van der Waals surface area contributed by atoms with Gasteiger partial charge in [-0.2, -0.15) is 0 Å². The van der Waals surface area contributed by atoms with Gasteiger partial charge in [0.05, 0.1) is 0 Å². The van der Waals surface area contributed by atoms with E-state index in [9.17, 15) is 9.59 Å². The second kappa shape index (κ2) is 6.23. The highest BCUT2D eigenvalue weighted by molar-refractivity contribution is 5.94. The fourth-order valence-corrected chi connectivity index (χ4v) is 4.13. The minimum atomic E-state index is -0.334. The largest absolute Gasteiger partial charge is 0.339 e. The van der Waals surface area contributed by atoms with E-state index in [1.165, 1.54) is 0 Å². The SMILES string of the molecule is CN(C(=O)c1ccccc1)C1CC2CCC(C1)N2C(=O)C(C)(C)C. The van der Waals surface area contributed by atoms with E-state index in [-0.39, 0.29) is 35.4 Å². The molecule has 0 N–H and O–H groups in total. The van der Waals surface area contributed by atoms with E-state index in [0.717, 1.165) is 31.2 Å². The Hall–Kier alpha value is -1.84. The summed E-state index contributed by atoms with van der Waals surface area (Å²) in [6.45, 7) is 5.98. The lowest BCUT2D eigenvalue weighted by molar-refractivity contribution is -0.144. The maximum atomic E-state index is 12.8. The molecule has 1 aromatic carbocycles. The molecule has 4 nitrogen and oxygen atoms in total. The first kappa shape index (κ1) is 17.0. The van der Waals surface area contributed by atoms with E-state index in [2.05, 4.69) is 4.90 Å². The van der Waals surface area contributed by atoms with Gasteiger partial charge in [-0.05, 0) is 37.8 Å². The first-order valence-electron chi connectivity index (χ1n) is 8.94. The number of hydrogen-bond donors (Lipinski definition) is 0. The number of carbonyl (C=O) groups is 2. The molecule has 2 amide bonds. The number of amides is 2. The van der Waals surface area contributed by atoms with Crippen molar-refractivity contribution in [2.75, 3.05) is 7.05 Å². The van der Waals surface area contributed by atoms with E-state index in [4.69, 9.17) is 0 Å². The van der Waals surface area contributed by atoms with Gasteiger partial charge in [0.15, 0.2) is 0 Å². The molecule has 2 aliphatic rings. The van der Waals surface area contributed by atoms with Crippen LogP contribution in [-0.2, 0) is 4.79 Å². The summed E-state index contributed by atoms with van der Waals surface area (Å²) in [5.74, 6) is 0.334. The average molecular weight is 328 g/mol. The minimum absolute atomic E-state index is 0.0793. The van der Waals surface area contributed by atoms with Crippen LogP contribution in [0.25, 0.3) is 0 Å². The number of rotatable bonds is 2. The van der Waals surface area contributed by atoms with E-state index in [1.807, 2.05) is 63.1 Å². The molecule has 2 unspecified atom stereocenters. The predicted molar refractivity (Wildman–Crippen MR) is 94.7 cm³/mol. The van der Waals surface area contributed by atoms with Gasteiger partial charge in [-0.25, -0.2) is 0 Å². The van der Waals surface area contributed by atoms with Gasteiger partial charge in [0.25, 0.3) is 5.91 Å². The lowest BCUT2D eigenvalue weighted by Crippen LogP contribution is -2.55. The molecule has 2 fully saturated rings. The molecule has 4 heteroatoms. The van der Waals surface area contributed by atoms with E-state index < -0.39 is 0 Å². The molecule has 2 atom stereocenters. The van der Waals surface area contributed by atoms with Gasteiger partial charge in [0, 0.05) is 36.2 Å². The molecule has 0 spiro atoms. The molecule has 24 heavy (non-hydrogen) atoms. The lowest BCUT2D eigenvalue weighted by atomic mass is 9.89. The van der Waals surface area contributed by atoms with Gasteiger partial charge in [-0.3, -0.25) is 9.59 Å². The Labute approximate surface area is 144 Å². The zero-order chi connectivity index (χ0) is 17.5. The molecule has 2 bridgehead atoms. The number of benzene rings is 1. The summed E-state index contributed by atoms with van der Waals surface area (Å²) in [6, 6.07) is 10.2. The van der Waals surface area contributed by atoms with E-state index >= 15 is 0 Å². The summed E-state index contributed by atoms with van der Waals surface area (Å²) >= 11 is 0. The third kappa shape index (κ3) is 3.06. The van der Waals surface area contributed by atoms with Crippen LogP contribution in [0.5, 0.6) is 0 Å². The van der Waals surface area contributed by atoms with Crippen LogP contribution in [0, 0.1) is 5.41 Å². The van der Waals surface area contributed by atoms with Crippen molar-refractivity contribution in [1.29, 1.82) is 0 Å². The molecule has 130 valence electrons. The summed E-state index contributed by atoms with van der Waals surface area (Å²) in [5, 5.41) is 0. The van der Waals surface area contributed by atoms with Gasteiger partial charge in [-0.1, -0.05) is 39.0 Å². The Bertz CT molecular complexity index is 606. The fraction of sp³-hybridized carbons (Fsp3) is 0.600. The lowest BCUT2D eigenvalue weighted by Gasteiger charge is -2.44. The monoisotopic (exact) mass is 328 g/mol. The molecule has 3 rings (SSSR count). The number of nitrogens with zero attached hydrogens (tertiary/aromatic N) is 2. The second-order valence-corrected chi connectivity index (χ2v) is 8.25. The normalized spacial score (nSPS) is 26.3. The summed E-state index contributed by atoms with van der Waals surface area (Å²) in [5.41, 5.74) is 0.403. The standard InChI is InChI=1S/C20H28N2O2/c1-20(2,3)19(24)22-15-10-11-16(22)13-17(12-15)21(4)18(23)14-8-6-5-7-9-14/h5-9,15-17H,10-13H2,1-4H3. The van der Waals surface area contributed by atoms with Gasteiger partial charge in [0.1, 0.15) is 0 Å². The predicted octanol–water partition coefficient (Wildman–Crippen LogP) is 3.33. The minimum Gasteiger partial charge on any atom is -0.339 e. The Morgan fingerprint density at radius 2 is 1.58 bits per heavy atom. The highest BCUT2D eigenvalue weighted by Crippen LogP contribution is 2.40. The van der Waals surface area contributed by atoms with Crippen LogP contribution < -0.4 is 0 Å². The van der Waals surface area contributed by atoms with Gasteiger partial charge >= 0.3 is 0 Å². The first-order valence-corrected chi connectivity index (χ1v) is 8.94. The maximum absolute atomic E-state index is 12.8. The van der Waals surface area contributed by atoms with Crippen LogP contribution >= 0.6 is 0 Å². The molecule has 2 heterocycles. The highest BCUT2D eigenvalue weighted by atomic mass is 16.2. The van der Waals surface area contributed by atoms with Crippen molar-refractivity contribution in [2.24, 2.45) is 5.41 Å². The third-order valence-electron chi connectivity index (χ3n) is 5.47. The maximum Gasteiger partial charge on any atom is 0.253 e. The molecule has 2 aliphatic heterocycles. The van der Waals surface area contributed by atoms with Gasteiger partial charge < -0.3 is 9.80 Å². The van der Waals surface area contributed by atoms with Crippen molar-refractivity contribution in [3.8, 4) is 0 Å². The number of fused-ring (bicyclic) bond motifs is 2. The Kier molecular flexibility index (Phi) is 4.41. The quantitative estimate of drug-likeness (QED) is 0.835. The van der Waals surface area contributed by atoms with Crippen LogP contribution in [0.2, 0.25) is 0 Å². The number of hydrogen-bond acceptors (Lipinski definition) is 2. The summed E-state index contributed by atoms with van der Waals surface area (Å²) in [7, 11) is 1.90. The Balaban J connectivity index is 1.72. The molecule has 1 aromatic rings. The topological polar surface area (TPSA) is 40.6 Å². The summed E-state index contributed by atoms with van der Waals surface area (Å²) in [6.07, 6.45) is 3.92. The summed E-state index contributed by atoms with van der Waals surface area (Å²) in [4.78, 5) is 29.5. The first-order chi connectivity index (χ1) is 11.3. The average Bonchev–Trinajstić information content (AvgIpc) is 2.81. The molecule has 0 aliphatic carbocycles. The van der Waals surface area contributed by atoms with Crippen LogP contribution in [0.15, 0.2) is 30.3 Å². The summed E-state index contributed by atoms with van der Waals surface area (Å²) < 4.78 is 0. The van der Waals surface area contributed by atoms with Crippen LogP contribution in [-0.4, -0.2) is 46.8 Å². The molecule has 0 saturated carbocycles. The van der Waals surface area contributed by atoms with Crippen LogP contribution in [0.1, 0.15) is 56.8 Å². The molecular formula is C20H28N2O2. The molecule has 2 saturated heterocycles. The number of piperidine rings is 1. The van der Waals surface area contributed by atoms with Crippen molar-refractivity contribution in [3.05, 3.63) is 35.9 Å². The van der Waals surface area contributed by atoms with Crippen LogP contribution in [0.3, 0.4) is 0 Å². The smallest absolute Gasteiger partial charge is 0.253 e. The molecule has 0 radical (unpaired) electrons. The number of carbonyl (C=O) groups excluding carboxylic acids is 2. The van der Waals surface area contributed by atoms with Crippen molar-refractivity contribution in [2.45, 2.75) is 64.6 Å². The van der Waals surface area contributed by atoms with Gasteiger partial charge in [0.2, 0.25) is 5.91 Å². The van der Waals surface area contributed by atoms with Crippen molar-refractivity contribution >= 4 is 11.8 Å². The van der Waals surface area contributed by atoms with Crippen molar-refractivity contribution < 1.29 is 9.59 Å². The Morgan fingerprint density at radius 1 is 1.04 bits per heavy atom. The highest BCUT2D eigenvalue weighted by Gasteiger charge is 2.46. The van der Waals surface area contributed by atoms with E-state index in [0.29, 0.717) is 0 Å². The zero-order valence-corrected chi connectivity index (χ0v) is 15.2. The Morgan fingerprint density at radius 3 is 2.08 bits per heavy atom. The second-order valence-electron chi connectivity index (χ2n) is 8.25. The van der Waals surface area contributed by atoms with Gasteiger partial charge in [-0.15, -0.1) is 0 Å². The third-order valence-corrected chi connectivity index (χ3v) is 5.47. The fourth-order valence-electron chi connectivity index (χ4n) is 4.13. The van der Waals surface area contributed by atoms with Crippen molar-refractivity contribution in [3.63, 3.8) is 0 Å². The van der Waals surface area contributed by atoms with E-state index in [1.54, 1.807) is 0 Å². The molecular weight excluding hydrogens is 300 g/mol.